The summed E-state index contributed by atoms with van der Waals surface area (Å²) in [6, 6.07) is 14.8. The van der Waals surface area contributed by atoms with Gasteiger partial charge in [0.25, 0.3) is 11.7 Å². The molecule has 0 spiro atoms. The molecule has 8 nitrogen and oxygen atoms in total. The maximum atomic E-state index is 13.3. The second kappa shape index (κ2) is 8.90. The van der Waals surface area contributed by atoms with Crippen LogP contribution in [0.3, 0.4) is 0 Å². The molecule has 2 aliphatic heterocycles. The van der Waals surface area contributed by atoms with Gasteiger partial charge in [-0.25, -0.2) is 0 Å². The molecule has 1 N–H and O–H groups in total. The topological polar surface area (TPSA) is 98.2 Å². The molecule has 8 heteroatoms. The van der Waals surface area contributed by atoms with Crippen molar-refractivity contribution in [1.29, 1.82) is 0 Å². The standard InChI is InChI=1S/C26H22N2O6/c1-32-19-5-3-2-4-18(19)23-22(24(29)17-6-7-20-21(14-17)34-13-12-33-20)25(30)26(31)28(23)15-16-8-10-27-11-9-16/h2-11,14,23,29H,12-13,15H2,1H3. The van der Waals surface area contributed by atoms with E-state index in [1.54, 1.807) is 67.0 Å². The van der Waals surface area contributed by atoms with Gasteiger partial charge in [0, 0.05) is 30.1 Å². The molecule has 2 aromatic carbocycles. The highest BCUT2D eigenvalue weighted by Crippen LogP contribution is 2.44. The lowest BCUT2D eigenvalue weighted by Gasteiger charge is -2.26. The van der Waals surface area contributed by atoms with Gasteiger partial charge in [-0.2, -0.15) is 0 Å². The number of rotatable bonds is 5. The van der Waals surface area contributed by atoms with Gasteiger partial charge in [-0.3, -0.25) is 14.6 Å². The number of likely N-dealkylation sites (tertiary alicyclic amines) is 1. The molecule has 1 saturated heterocycles. The molecule has 0 aliphatic carbocycles. The van der Waals surface area contributed by atoms with Crippen LogP contribution in [-0.2, 0) is 16.1 Å². The van der Waals surface area contributed by atoms with Gasteiger partial charge in [-0.15, -0.1) is 0 Å². The number of para-hydroxylation sites is 1. The highest BCUT2D eigenvalue weighted by molar-refractivity contribution is 6.46. The van der Waals surface area contributed by atoms with Gasteiger partial charge in [0.05, 0.1) is 18.7 Å². The molecular weight excluding hydrogens is 436 g/mol. The minimum Gasteiger partial charge on any atom is -0.507 e. The fourth-order valence-electron chi connectivity index (χ4n) is 4.29. The van der Waals surface area contributed by atoms with E-state index in [1.807, 2.05) is 0 Å². The Bertz CT molecular complexity index is 1290. The third-order valence-electron chi connectivity index (χ3n) is 5.89. The summed E-state index contributed by atoms with van der Waals surface area (Å²) in [4.78, 5) is 31.9. The number of carbonyl (C=O) groups is 2. The van der Waals surface area contributed by atoms with Crippen molar-refractivity contribution < 1.29 is 28.9 Å². The van der Waals surface area contributed by atoms with Gasteiger partial charge in [0.2, 0.25) is 0 Å². The number of carbonyl (C=O) groups excluding carboxylic acids is 2. The lowest BCUT2D eigenvalue weighted by molar-refractivity contribution is -0.140. The van der Waals surface area contributed by atoms with Crippen molar-refractivity contribution in [3.05, 3.63) is 89.3 Å². The highest BCUT2D eigenvalue weighted by Gasteiger charge is 2.47. The first-order chi connectivity index (χ1) is 16.6. The largest absolute Gasteiger partial charge is 0.507 e. The Morgan fingerprint density at radius 1 is 1.06 bits per heavy atom. The number of Topliss-reactive ketones (excluding diaryl/α,β-unsaturated/α-hetero) is 1. The number of benzene rings is 2. The smallest absolute Gasteiger partial charge is 0.295 e. The highest BCUT2D eigenvalue weighted by atomic mass is 16.6. The number of aliphatic hydroxyl groups excluding tert-OH is 1. The molecule has 0 radical (unpaired) electrons. The molecule has 1 fully saturated rings. The average molecular weight is 458 g/mol. The first kappa shape index (κ1) is 21.5. The van der Waals surface area contributed by atoms with E-state index in [4.69, 9.17) is 14.2 Å². The van der Waals surface area contributed by atoms with Crippen molar-refractivity contribution in [3.63, 3.8) is 0 Å². The number of fused-ring (bicyclic) bond motifs is 1. The lowest BCUT2D eigenvalue weighted by Crippen LogP contribution is -2.29. The number of amides is 1. The van der Waals surface area contributed by atoms with Crippen LogP contribution in [0.5, 0.6) is 17.2 Å². The van der Waals surface area contributed by atoms with E-state index in [1.165, 1.54) is 12.0 Å². The number of aliphatic hydroxyl groups is 1. The van der Waals surface area contributed by atoms with Gasteiger partial charge in [-0.1, -0.05) is 18.2 Å². The fraction of sp³-hybridized carbons (Fsp3) is 0.192. The Morgan fingerprint density at radius 2 is 1.79 bits per heavy atom. The molecule has 1 atom stereocenters. The van der Waals surface area contributed by atoms with Gasteiger partial charge < -0.3 is 24.2 Å². The van der Waals surface area contributed by atoms with Crippen LogP contribution in [0, 0.1) is 0 Å². The molecule has 3 heterocycles. The molecule has 172 valence electrons. The molecule has 1 unspecified atom stereocenters. The second-order valence-corrected chi connectivity index (χ2v) is 7.88. The first-order valence-electron chi connectivity index (χ1n) is 10.8. The van der Waals surface area contributed by atoms with E-state index in [0.717, 1.165) is 5.56 Å². The van der Waals surface area contributed by atoms with E-state index < -0.39 is 17.7 Å². The van der Waals surface area contributed by atoms with E-state index in [9.17, 15) is 14.7 Å². The summed E-state index contributed by atoms with van der Waals surface area (Å²) in [7, 11) is 1.52. The van der Waals surface area contributed by atoms with Crippen LogP contribution >= 0.6 is 0 Å². The Balaban J connectivity index is 1.66. The molecule has 0 saturated carbocycles. The summed E-state index contributed by atoms with van der Waals surface area (Å²) in [5, 5.41) is 11.3. The zero-order valence-electron chi connectivity index (χ0n) is 18.4. The van der Waals surface area contributed by atoms with Crippen LogP contribution in [0.25, 0.3) is 5.76 Å². The number of aromatic nitrogens is 1. The van der Waals surface area contributed by atoms with E-state index in [0.29, 0.717) is 41.6 Å². The third kappa shape index (κ3) is 3.73. The van der Waals surface area contributed by atoms with Gasteiger partial charge in [0.1, 0.15) is 24.7 Å². The molecule has 1 amide bonds. The number of ketones is 1. The summed E-state index contributed by atoms with van der Waals surface area (Å²) in [6.45, 7) is 0.981. The third-order valence-corrected chi connectivity index (χ3v) is 5.89. The molecule has 5 rings (SSSR count). The monoisotopic (exact) mass is 458 g/mol. The van der Waals surface area contributed by atoms with Crippen molar-refractivity contribution >= 4 is 17.4 Å². The Hall–Kier alpha value is -4.33. The van der Waals surface area contributed by atoms with Crippen LogP contribution in [0.1, 0.15) is 22.7 Å². The Kier molecular flexibility index (Phi) is 5.63. The predicted molar refractivity (Wildman–Crippen MR) is 123 cm³/mol. The number of hydrogen-bond acceptors (Lipinski definition) is 7. The number of methoxy groups -OCH3 is 1. The molecule has 0 bridgehead atoms. The molecule has 3 aromatic rings. The Morgan fingerprint density at radius 3 is 2.56 bits per heavy atom. The number of hydrogen-bond donors (Lipinski definition) is 1. The quantitative estimate of drug-likeness (QED) is 0.355. The average Bonchev–Trinajstić information content (AvgIpc) is 3.13. The Labute approximate surface area is 196 Å². The summed E-state index contributed by atoms with van der Waals surface area (Å²) < 4.78 is 16.7. The van der Waals surface area contributed by atoms with Crippen LogP contribution in [0.4, 0.5) is 0 Å². The maximum absolute atomic E-state index is 13.3. The summed E-state index contributed by atoms with van der Waals surface area (Å²) >= 11 is 0. The van der Waals surface area contributed by atoms with Gasteiger partial charge >= 0.3 is 0 Å². The fourth-order valence-corrected chi connectivity index (χ4v) is 4.29. The minimum absolute atomic E-state index is 0.0137. The summed E-state index contributed by atoms with van der Waals surface area (Å²) in [5.41, 5.74) is 1.74. The zero-order chi connectivity index (χ0) is 23.7. The number of nitrogens with zero attached hydrogens (tertiary/aromatic N) is 2. The summed E-state index contributed by atoms with van der Waals surface area (Å²) in [5.74, 6) is -0.229. The van der Waals surface area contributed by atoms with Crippen molar-refractivity contribution in [2.75, 3.05) is 20.3 Å². The van der Waals surface area contributed by atoms with Crippen molar-refractivity contribution in [2.45, 2.75) is 12.6 Å². The SMILES string of the molecule is COc1ccccc1C1C(=C(O)c2ccc3c(c2)OCCO3)C(=O)C(=O)N1Cc1ccncc1. The van der Waals surface area contributed by atoms with Crippen LogP contribution in [-0.4, -0.2) is 47.0 Å². The van der Waals surface area contributed by atoms with Gasteiger partial charge in [0.15, 0.2) is 11.5 Å². The second-order valence-electron chi connectivity index (χ2n) is 7.88. The van der Waals surface area contributed by atoms with E-state index >= 15 is 0 Å². The molecular formula is C26H22N2O6. The molecule has 34 heavy (non-hydrogen) atoms. The van der Waals surface area contributed by atoms with E-state index in [-0.39, 0.29) is 17.9 Å². The van der Waals surface area contributed by atoms with Crippen molar-refractivity contribution in [1.82, 2.24) is 9.88 Å². The normalized spacial score (nSPS) is 18.7. The van der Waals surface area contributed by atoms with Crippen LogP contribution < -0.4 is 14.2 Å². The maximum Gasteiger partial charge on any atom is 0.295 e. The minimum atomic E-state index is -0.850. The molecule has 2 aliphatic rings. The van der Waals surface area contributed by atoms with Crippen LogP contribution in [0.2, 0.25) is 0 Å². The number of pyridine rings is 1. The zero-order valence-corrected chi connectivity index (χ0v) is 18.4. The van der Waals surface area contributed by atoms with Crippen molar-refractivity contribution in [2.24, 2.45) is 0 Å². The summed E-state index contributed by atoms with van der Waals surface area (Å²) in [6.07, 6.45) is 3.25. The lowest BCUT2D eigenvalue weighted by atomic mass is 9.94. The van der Waals surface area contributed by atoms with Crippen molar-refractivity contribution in [3.8, 4) is 17.2 Å². The van der Waals surface area contributed by atoms with Gasteiger partial charge in [-0.05, 0) is 42.0 Å². The van der Waals surface area contributed by atoms with E-state index in [2.05, 4.69) is 4.98 Å². The predicted octanol–water partition coefficient (Wildman–Crippen LogP) is 3.48. The first-order valence-corrected chi connectivity index (χ1v) is 10.8. The molecule has 1 aromatic heterocycles. The van der Waals surface area contributed by atoms with Crippen LogP contribution in [0.15, 0.2) is 72.6 Å². The number of ether oxygens (including phenoxy) is 3.